The van der Waals surface area contributed by atoms with Crippen molar-refractivity contribution in [1.82, 2.24) is 0 Å². The van der Waals surface area contributed by atoms with Crippen LogP contribution >= 0.6 is 35.0 Å². The van der Waals surface area contributed by atoms with Gasteiger partial charge in [0, 0.05) is 26.6 Å². The monoisotopic (exact) mass is 310 g/mol. The van der Waals surface area contributed by atoms with Crippen molar-refractivity contribution in [2.45, 2.75) is 10.8 Å². The summed E-state index contributed by atoms with van der Waals surface area (Å²) >= 11 is 13.8. The van der Waals surface area contributed by atoms with Crippen LogP contribution in [-0.2, 0) is 0 Å². The Morgan fingerprint density at radius 1 is 1.11 bits per heavy atom. The summed E-state index contributed by atoms with van der Waals surface area (Å²) in [5.74, 6) is 2.22. The highest BCUT2D eigenvalue weighted by Gasteiger charge is 2.23. The van der Waals surface area contributed by atoms with E-state index >= 15 is 0 Å². The Morgan fingerprint density at radius 2 is 1.84 bits per heavy atom. The summed E-state index contributed by atoms with van der Waals surface area (Å²) in [4.78, 5) is 1.36. The normalized spacial score (nSPS) is 17.3. The van der Waals surface area contributed by atoms with Crippen LogP contribution in [0.25, 0.3) is 0 Å². The van der Waals surface area contributed by atoms with E-state index in [1.807, 2.05) is 11.8 Å². The summed E-state index contributed by atoms with van der Waals surface area (Å²) in [5, 5.41) is 1.20. The molecule has 0 bridgehead atoms. The van der Waals surface area contributed by atoms with Gasteiger partial charge in [-0.15, -0.1) is 11.8 Å². The molecule has 0 amide bonds. The van der Waals surface area contributed by atoms with Crippen LogP contribution in [0, 0.1) is 0 Å². The maximum Gasteiger partial charge on any atom is 0.122 e. The van der Waals surface area contributed by atoms with Crippen LogP contribution in [0.5, 0.6) is 5.75 Å². The number of benzene rings is 2. The first-order valence-electron chi connectivity index (χ1n) is 6.03. The zero-order valence-corrected chi connectivity index (χ0v) is 12.4. The van der Waals surface area contributed by atoms with Gasteiger partial charge in [-0.3, -0.25) is 0 Å². The Bertz CT molecular complexity index is 580. The summed E-state index contributed by atoms with van der Waals surface area (Å²) in [5.41, 5.74) is 1.38. The summed E-state index contributed by atoms with van der Waals surface area (Å²) < 4.78 is 5.83. The van der Waals surface area contributed by atoms with Crippen LogP contribution in [0.2, 0.25) is 10.0 Å². The lowest BCUT2D eigenvalue weighted by molar-refractivity contribution is 0.298. The molecule has 1 nitrogen and oxygen atoms in total. The van der Waals surface area contributed by atoms with Crippen LogP contribution in [0.3, 0.4) is 0 Å². The fraction of sp³-hybridized carbons (Fsp3) is 0.200. The Kier molecular flexibility index (Phi) is 3.92. The summed E-state index contributed by atoms with van der Waals surface area (Å²) in [6.07, 6.45) is 0. The lowest BCUT2D eigenvalue weighted by Crippen LogP contribution is -2.09. The fourth-order valence-electron chi connectivity index (χ4n) is 2.18. The second-order valence-electron chi connectivity index (χ2n) is 4.46. The third-order valence-electron chi connectivity index (χ3n) is 3.09. The SMILES string of the molecule is Clc1cc(Cl)cc(OCC2CSc3ccccc32)c1. The number of hydrogen-bond donors (Lipinski definition) is 0. The third-order valence-corrected chi connectivity index (χ3v) is 4.77. The van der Waals surface area contributed by atoms with Crippen LogP contribution in [0.15, 0.2) is 47.4 Å². The maximum atomic E-state index is 5.96. The van der Waals surface area contributed by atoms with Gasteiger partial charge in [-0.1, -0.05) is 41.4 Å². The first-order valence-corrected chi connectivity index (χ1v) is 7.77. The Morgan fingerprint density at radius 3 is 2.63 bits per heavy atom. The lowest BCUT2D eigenvalue weighted by Gasteiger charge is -2.13. The van der Waals surface area contributed by atoms with Gasteiger partial charge < -0.3 is 4.74 Å². The van der Waals surface area contributed by atoms with Gasteiger partial charge in [0.1, 0.15) is 5.75 Å². The minimum atomic E-state index is 0.430. The van der Waals surface area contributed by atoms with E-state index in [4.69, 9.17) is 27.9 Å². The number of halogens is 2. The van der Waals surface area contributed by atoms with Crippen molar-refractivity contribution in [2.24, 2.45) is 0 Å². The van der Waals surface area contributed by atoms with E-state index in [0.29, 0.717) is 22.6 Å². The van der Waals surface area contributed by atoms with Crippen molar-refractivity contribution in [3.05, 3.63) is 58.1 Å². The molecular formula is C15H12Cl2OS. The average molecular weight is 311 g/mol. The van der Waals surface area contributed by atoms with Gasteiger partial charge in [-0.2, -0.15) is 0 Å². The molecule has 1 heterocycles. The van der Waals surface area contributed by atoms with E-state index < -0.39 is 0 Å². The van der Waals surface area contributed by atoms with E-state index in [2.05, 4.69) is 24.3 Å². The Balaban J connectivity index is 1.70. The maximum absolute atomic E-state index is 5.96. The van der Waals surface area contributed by atoms with E-state index in [1.165, 1.54) is 10.5 Å². The Labute approximate surface area is 126 Å². The molecular weight excluding hydrogens is 299 g/mol. The predicted molar refractivity (Wildman–Crippen MR) is 81.9 cm³/mol. The van der Waals surface area contributed by atoms with Gasteiger partial charge in [-0.25, -0.2) is 0 Å². The van der Waals surface area contributed by atoms with Gasteiger partial charge in [-0.05, 0) is 29.8 Å². The van der Waals surface area contributed by atoms with E-state index in [-0.39, 0.29) is 0 Å². The smallest absolute Gasteiger partial charge is 0.122 e. The van der Waals surface area contributed by atoms with Crippen molar-refractivity contribution in [1.29, 1.82) is 0 Å². The molecule has 1 unspecified atom stereocenters. The number of hydrogen-bond acceptors (Lipinski definition) is 2. The molecule has 0 saturated carbocycles. The number of ether oxygens (including phenoxy) is 1. The highest BCUT2D eigenvalue weighted by atomic mass is 35.5. The second kappa shape index (κ2) is 5.66. The first-order chi connectivity index (χ1) is 9.22. The molecule has 98 valence electrons. The number of fused-ring (bicyclic) bond motifs is 1. The van der Waals surface area contributed by atoms with Gasteiger partial charge >= 0.3 is 0 Å². The molecule has 3 rings (SSSR count). The van der Waals surface area contributed by atoms with E-state index in [9.17, 15) is 0 Å². The molecule has 1 aliphatic heterocycles. The molecule has 1 aliphatic rings. The third kappa shape index (κ3) is 3.02. The molecule has 0 spiro atoms. The standard InChI is InChI=1S/C15H12Cl2OS/c16-11-5-12(17)7-13(6-11)18-8-10-9-19-15-4-2-1-3-14(10)15/h1-7,10H,8-9H2. The van der Waals surface area contributed by atoms with Gasteiger partial charge in [0.2, 0.25) is 0 Å². The molecule has 0 N–H and O–H groups in total. The zero-order valence-electron chi connectivity index (χ0n) is 10.1. The molecule has 0 aliphatic carbocycles. The highest BCUT2D eigenvalue weighted by Crippen LogP contribution is 2.39. The lowest BCUT2D eigenvalue weighted by atomic mass is 10.0. The molecule has 2 aromatic rings. The van der Waals surface area contributed by atoms with Gasteiger partial charge in [0.25, 0.3) is 0 Å². The Hall–Kier alpha value is -0.830. The summed E-state index contributed by atoms with van der Waals surface area (Å²) in [6, 6.07) is 13.8. The van der Waals surface area contributed by atoms with Crippen molar-refractivity contribution in [3.63, 3.8) is 0 Å². The van der Waals surface area contributed by atoms with Crippen LogP contribution in [-0.4, -0.2) is 12.4 Å². The van der Waals surface area contributed by atoms with Crippen LogP contribution < -0.4 is 4.74 Å². The topological polar surface area (TPSA) is 9.23 Å². The van der Waals surface area contributed by atoms with E-state index in [0.717, 1.165) is 11.5 Å². The molecule has 0 fully saturated rings. The summed E-state index contributed by atoms with van der Waals surface area (Å²) in [6.45, 7) is 0.653. The zero-order chi connectivity index (χ0) is 13.2. The molecule has 1 atom stereocenters. The molecule has 0 saturated heterocycles. The molecule has 2 aromatic carbocycles. The second-order valence-corrected chi connectivity index (χ2v) is 6.40. The minimum Gasteiger partial charge on any atom is -0.493 e. The quantitative estimate of drug-likeness (QED) is 0.764. The van der Waals surface area contributed by atoms with Crippen molar-refractivity contribution < 1.29 is 4.74 Å². The molecule has 19 heavy (non-hydrogen) atoms. The van der Waals surface area contributed by atoms with Gasteiger partial charge in [0.05, 0.1) is 6.61 Å². The van der Waals surface area contributed by atoms with Crippen molar-refractivity contribution >= 4 is 35.0 Å². The fourth-order valence-corrected chi connectivity index (χ4v) is 3.91. The predicted octanol–water partition coefficient (Wildman–Crippen LogP) is 5.26. The van der Waals surface area contributed by atoms with Gasteiger partial charge in [0.15, 0.2) is 0 Å². The number of thioether (sulfide) groups is 1. The van der Waals surface area contributed by atoms with Crippen LogP contribution in [0.4, 0.5) is 0 Å². The number of rotatable bonds is 3. The summed E-state index contributed by atoms with van der Waals surface area (Å²) in [7, 11) is 0. The first kappa shape index (κ1) is 13.2. The highest BCUT2D eigenvalue weighted by molar-refractivity contribution is 7.99. The average Bonchev–Trinajstić information content (AvgIpc) is 2.78. The van der Waals surface area contributed by atoms with Crippen molar-refractivity contribution in [2.75, 3.05) is 12.4 Å². The molecule has 4 heteroatoms. The largest absolute Gasteiger partial charge is 0.493 e. The van der Waals surface area contributed by atoms with E-state index in [1.54, 1.807) is 18.2 Å². The van der Waals surface area contributed by atoms with Crippen molar-refractivity contribution in [3.8, 4) is 5.75 Å². The van der Waals surface area contributed by atoms with Crippen LogP contribution in [0.1, 0.15) is 11.5 Å². The minimum absolute atomic E-state index is 0.430. The molecule has 0 radical (unpaired) electrons. The molecule has 0 aromatic heterocycles.